The maximum absolute atomic E-state index is 14.4. The van der Waals surface area contributed by atoms with Crippen LogP contribution >= 0.6 is 0 Å². The number of para-hydroxylation sites is 1. The quantitative estimate of drug-likeness (QED) is 0.403. The van der Waals surface area contributed by atoms with Gasteiger partial charge in [0.25, 0.3) is 0 Å². The molecule has 192 valence electrons. The number of primary amides is 1. The van der Waals surface area contributed by atoms with E-state index < -0.39 is 11.6 Å². The molecule has 2 aliphatic carbocycles. The van der Waals surface area contributed by atoms with Crippen LogP contribution in [0.25, 0.3) is 11.2 Å². The summed E-state index contributed by atoms with van der Waals surface area (Å²) in [5, 5.41) is 16.4. The highest BCUT2D eigenvalue weighted by Gasteiger charge is 2.30. The first-order valence-electron chi connectivity index (χ1n) is 12.5. The van der Waals surface area contributed by atoms with Gasteiger partial charge < -0.3 is 21.5 Å². The van der Waals surface area contributed by atoms with Crippen LogP contribution in [0.15, 0.2) is 24.4 Å². The number of carbonyl (C=O) groups is 1. The molecule has 9 nitrogen and oxygen atoms in total. The van der Waals surface area contributed by atoms with Gasteiger partial charge >= 0.3 is 0 Å². The minimum atomic E-state index is -0.732. The Morgan fingerprint density at radius 3 is 2.50 bits per heavy atom. The zero-order chi connectivity index (χ0) is 25.4. The number of benzene rings is 1. The van der Waals surface area contributed by atoms with Crippen molar-refractivity contribution >= 4 is 34.7 Å². The first kappa shape index (κ1) is 24.4. The number of aliphatic hydroxyl groups is 1. The van der Waals surface area contributed by atoms with E-state index in [0.717, 1.165) is 12.8 Å². The van der Waals surface area contributed by atoms with Gasteiger partial charge in [0, 0.05) is 18.0 Å². The highest BCUT2D eigenvalue weighted by atomic mass is 19.1. The number of nitrogens with one attached hydrogen (secondary N) is 2. The topological polar surface area (TPSA) is 131 Å². The number of amides is 1. The molecule has 5 N–H and O–H groups in total. The highest BCUT2D eigenvalue weighted by molar-refractivity contribution is 5.78. The summed E-state index contributed by atoms with van der Waals surface area (Å²) in [5.41, 5.74) is 6.23. The largest absolute Gasteiger partial charge is 0.393 e. The molecule has 1 aromatic carbocycles. The van der Waals surface area contributed by atoms with Crippen LogP contribution < -0.4 is 16.4 Å². The molecule has 0 saturated heterocycles. The third kappa shape index (κ3) is 4.84. The fourth-order valence-corrected chi connectivity index (χ4v) is 5.35. The Kier molecular flexibility index (Phi) is 6.74. The van der Waals surface area contributed by atoms with Crippen LogP contribution in [0, 0.1) is 23.5 Å². The maximum atomic E-state index is 14.4. The van der Waals surface area contributed by atoms with Crippen molar-refractivity contribution in [2.45, 2.75) is 70.1 Å². The molecule has 2 fully saturated rings. The standard InChI is InChI=1S/C25H31F2N7O2/c1-13-5-8-15(11-20(13)35)30-24-29-12-19-23(33-24)34(16-9-6-14(7-10-16)22(28)36)25(31-19)32-21-17(26)3-2-4-18(21)27/h2-4,12-16,20,35H,5-11H2,1H3,(H2,28,36)(H,31,32)(H,29,30,33)/t13-,14-,15?,16+,20-/m1/s1. The molecule has 2 heterocycles. The second-order valence-corrected chi connectivity index (χ2v) is 10.0. The van der Waals surface area contributed by atoms with Crippen LogP contribution in [0.2, 0.25) is 0 Å². The van der Waals surface area contributed by atoms with Gasteiger partial charge in [-0.2, -0.15) is 4.98 Å². The van der Waals surface area contributed by atoms with E-state index in [1.807, 2.05) is 11.5 Å². The van der Waals surface area contributed by atoms with Crippen LogP contribution in [-0.2, 0) is 4.79 Å². The molecular formula is C25H31F2N7O2. The summed E-state index contributed by atoms with van der Waals surface area (Å²) in [5.74, 6) is -1.04. The first-order valence-corrected chi connectivity index (χ1v) is 12.5. The number of imidazole rings is 1. The second-order valence-electron chi connectivity index (χ2n) is 10.0. The molecule has 36 heavy (non-hydrogen) atoms. The van der Waals surface area contributed by atoms with E-state index in [-0.39, 0.29) is 47.6 Å². The van der Waals surface area contributed by atoms with Gasteiger partial charge in [-0.25, -0.2) is 18.7 Å². The number of halogens is 2. The van der Waals surface area contributed by atoms with E-state index in [9.17, 15) is 18.7 Å². The van der Waals surface area contributed by atoms with Crippen molar-refractivity contribution in [1.29, 1.82) is 0 Å². The molecular weight excluding hydrogens is 468 g/mol. The van der Waals surface area contributed by atoms with Gasteiger partial charge in [-0.1, -0.05) is 13.0 Å². The summed E-state index contributed by atoms with van der Waals surface area (Å²) < 4.78 is 30.7. The van der Waals surface area contributed by atoms with E-state index >= 15 is 0 Å². The summed E-state index contributed by atoms with van der Waals surface area (Å²) in [6.07, 6.45) is 6.14. The second kappa shape index (κ2) is 9.96. The van der Waals surface area contributed by atoms with Gasteiger partial charge in [-0.05, 0) is 63.0 Å². The Morgan fingerprint density at radius 1 is 1.11 bits per heavy atom. The first-order chi connectivity index (χ1) is 17.3. The molecule has 2 saturated carbocycles. The summed E-state index contributed by atoms with van der Waals surface area (Å²) in [6.45, 7) is 2.04. The smallest absolute Gasteiger partial charge is 0.224 e. The lowest BCUT2D eigenvalue weighted by atomic mass is 9.85. The van der Waals surface area contributed by atoms with Crippen LogP contribution in [0.3, 0.4) is 0 Å². The number of hydrogen-bond acceptors (Lipinski definition) is 7. The maximum Gasteiger partial charge on any atom is 0.224 e. The Hall–Kier alpha value is -3.34. The number of rotatable bonds is 6. The molecule has 2 aliphatic rings. The molecule has 3 aromatic rings. The third-order valence-corrected chi connectivity index (χ3v) is 7.58. The molecule has 1 amide bonds. The molecule has 2 aromatic heterocycles. The average Bonchev–Trinajstić information content (AvgIpc) is 3.21. The molecule has 0 aliphatic heterocycles. The highest BCUT2D eigenvalue weighted by Crippen LogP contribution is 2.37. The fourth-order valence-electron chi connectivity index (χ4n) is 5.35. The molecule has 0 spiro atoms. The number of aromatic nitrogens is 4. The number of aliphatic hydroxyl groups excluding tert-OH is 1. The molecule has 0 bridgehead atoms. The van der Waals surface area contributed by atoms with Crippen LogP contribution in [0.5, 0.6) is 0 Å². The minimum absolute atomic E-state index is 0.0427. The Bertz CT molecular complexity index is 1240. The predicted molar refractivity (Wildman–Crippen MR) is 132 cm³/mol. The third-order valence-electron chi connectivity index (χ3n) is 7.58. The van der Waals surface area contributed by atoms with Gasteiger partial charge in [0.15, 0.2) is 5.65 Å². The van der Waals surface area contributed by atoms with Gasteiger partial charge in [0.2, 0.25) is 17.8 Å². The van der Waals surface area contributed by atoms with Gasteiger partial charge in [-0.15, -0.1) is 0 Å². The lowest BCUT2D eigenvalue weighted by molar-refractivity contribution is -0.122. The summed E-state index contributed by atoms with van der Waals surface area (Å²) in [4.78, 5) is 25.4. The van der Waals surface area contributed by atoms with Crippen molar-refractivity contribution in [3.05, 3.63) is 36.0 Å². The molecule has 5 rings (SSSR count). The zero-order valence-corrected chi connectivity index (χ0v) is 20.1. The van der Waals surface area contributed by atoms with Crippen molar-refractivity contribution in [1.82, 2.24) is 19.5 Å². The Morgan fingerprint density at radius 2 is 1.83 bits per heavy atom. The monoisotopic (exact) mass is 499 g/mol. The van der Waals surface area contributed by atoms with Crippen molar-refractivity contribution < 1.29 is 18.7 Å². The van der Waals surface area contributed by atoms with E-state index in [0.29, 0.717) is 49.2 Å². The normalized spacial score (nSPS) is 26.6. The van der Waals surface area contributed by atoms with Crippen LogP contribution in [0.1, 0.15) is 57.9 Å². The van der Waals surface area contributed by atoms with Crippen LogP contribution in [-0.4, -0.2) is 42.7 Å². The van der Waals surface area contributed by atoms with Crippen molar-refractivity contribution in [2.24, 2.45) is 17.6 Å². The van der Waals surface area contributed by atoms with E-state index in [2.05, 4.69) is 20.6 Å². The van der Waals surface area contributed by atoms with Crippen molar-refractivity contribution in [3.8, 4) is 0 Å². The molecule has 1 unspecified atom stereocenters. The number of carbonyl (C=O) groups excluding carboxylic acids is 1. The van der Waals surface area contributed by atoms with E-state index in [4.69, 9.17) is 10.7 Å². The average molecular weight is 500 g/mol. The van der Waals surface area contributed by atoms with Crippen LogP contribution in [0.4, 0.5) is 26.4 Å². The Balaban J connectivity index is 1.49. The fraction of sp³-hybridized carbons (Fsp3) is 0.520. The number of nitrogens with zero attached hydrogens (tertiary/aromatic N) is 4. The van der Waals surface area contributed by atoms with E-state index in [1.54, 1.807) is 6.20 Å². The molecule has 0 radical (unpaired) electrons. The number of nitrogens with two attached hydrogens (primary N) is 1. The summed E-state index contributed by atoms with van der Waals surface area (Å²) in [6, 6.07) is 3.61. The minimum Gasteiger partial charge on any atom is -0.393 e. The van der Waals surface area contributed by atoms with E-state index in [1.165, 1.54) is 18.2 Å². The number of anilines is 3. The number of fused-ring (bicyclic) bond motifs is 1. The predicted octanol–water partition coefficient (Wildman–Crippen LogP) is 4.03. The SMILES string of the molecule is C[C@@H]1CCC(Nc2ncc3nc(Nc4c(F)cccc4F)n([C@H]4CC[C@@H](C(N)=O)CC4)c3n2)C[C@H]1O. The molecule has 11 heteroatoms. The lowest BCUT2D eigenvalue weighted by Crippen LogP contribution is -2.35. The Labute approximate surface area is 207 Å². The zero-order valence-electron chi connectivity index (χ0n) is 20.1. The van der Waals surface area contributed by atoms with Gasteiger partial charge in [-0.3, -0.25) is 9.36 Å². The molecule has 3 atom stereocenters. The summed E-state index contributed by atoms with van der Waals surface area (Å²) in [7, 11) is 0. The summed E-state index contributed by atoms with van der Waals surface area (Å²) >= 11 is 0. The number of hydrogen-bond donors (Lipinski definition) is 4. The van der Waals surface area contributed by atoms with Gasteiger partial charge in [0.1, 0.15) is 22.8 Å². The van der Waals surface area contributed by atoms with Crippen molar-refractivity contribution in [2.75, 3.05) is 10.6 Å². The van der Waals surface area contributed by atoms with Gasteiger partial charge in [0.05, 0.1) is 12.3 Å². The van der Waals surface area contributed by atoms with Crippen molar-refractivity contribution in [3.63, 3.8) is 0 Å². The lowest BCUT2D eigenvalue weighted by Gasteiger charge is -2.31.